The number of halogens is 1. The smallest absolute Gasteiger partial charge is 0.271 e. The molecule has 6 nitrogen and oxygen atoms in total. The molecule has 0 saturated carbocycles. The summed E-state index contributed by atoms with van der Waals surface area (Å²) in [6, 6.07) is 3.44. The van der Waals surface area contributed by atoms with Gasteiger partial charge >= 0.3 is 0 Å². The number of hydrogen-bond acceptors (Lipinski definition) is 5. The Bertz CT molecular complexity index is 496. The molecule has 0 bridgehead atoms. The third-order valence-electron chi connectivity index (χ3n) is 3.56. The lowest BCUT2D eigenvalue weighted by molar-refractivity contribution is 0.0877. The van der Waals surface area contributed by atoms with Gasteiger partial charge in [-0.15, -0.1) is 0 Å². The zero-order valence-electron chi connectivity index (χ0n) is 11.8. The number of hydrogen-bond donors (Lipinski definition) is 2. The number of rotatable bonds is 3. The van der Waals surface area contributed by atoms with E-state index in [9.17, 15) is 4.79 Å². The average Bonchev–Trinajstić information content (AvgIpc) is 2.42. The fourth-order valence-electron chi connectivity index (χ4n) is 2.23. The number of pyridine rings is 1. The minimum absolute atomic E-state index is 0.179. The fourth-order valence-corrected chi connectivity index (χ4v) is 2.42. The summed E-state index contributed by atoms with van der Waals surface area (Å²) in [7, 11) is 4.15. The van der Waals surface area contributed by atoms with E-state index in [1.165, 1.54) is 0 Å². The lowest BCUT2D eigenvalue weighted by Gasteiger charge is -2.37. The number of carbonyl (C=O) groups excluding carboxylic acids is 1. The molecular formula is C13H20ClN5O. The number of piperazine rings is 1. The number of nitrogens with zero attached hydrogens (tertiary/aromatic N) is 3. The normalized spacial score (nSPS) is 20.9. The average molecular weight is 298 g/mol. The van der Waals surface area contributed by atoms with Crippen molar-refractivity contribution in [3.8, 4) is 0 Å². The highest BCUT2D eigenvalue weighted by Gasteiger charge is 2.23. The first-order valence-electron chi connectivity index (χ1n) is 6.56. The van der Waals surface area contributed by atoms with E-state index in [2.05, 4.69) is 34.2 Å². The molecule has 7 heteroatoms. The van der Waals surface area contributed by atoms with E-state index < -0.39 is 0 Å². The molecular weight excluding hydrogens is 278 g/mol. The van der Waals surface area contributed by atoms with E-state index in [0.717, 1.165) is 19.6 Å². The van der Waals surface area contributed by atoms with E-state index in [0.29, 0.717) is 11.6 Å². The van der Waals surface area contributed by atoms with Crippen LogP contribution in [0.15, 0.2) is 12.1 Å². The molecule has 1 aliphatic heterocycles. The van der Waals surface area contributed by atoms with Gasteiger partial charge in [0.2, 0.25) is 0 Å². The van der Waals surface area contributed by atoms with Crippen molar-refractivity contribution in [2.24, 2.45) is 0 Å². The van der Waals surface area contributed by atoms with Crippen molar-refractivity contribution in [3.05, 3.63) is 22.8 Å². The first-order chi connectivity index (χ1) is 9.47. The maximum absolute atomic E-state index is 12.1. The first kappa shape index (κ1) is 15.0. The van der Waals surface area contributed by atoms with Gasteiger partial charge in [0, 0.05) is 32.2 Å². The lowest BCUT2D eigenvalue weighted by Crippen LogP contribution is -2.54. The van der Waals surface area contributed by atoms with Crippen molar-refractivity contribution in [1.29, 1.82) is 0 Å². The second-order valence-electron chi connectivity index (χ2n) is 5.17. The topological polar surface area (TPSA) is 74.5 Å². The quantitative estimate of drug-likeness (QED) is 0.839. The maximum atomic E-state index is 12.1. The number of carbonyl (C=O) groups is 1. The Morgan fingerprint density at radius 3 is 3.00 bits per heavy atom. The Kier molecular flexibility index (Phi) is 4.80. The Hall–Kier alpha value is -1.37. The van der Waals surface area contributed by atoms with Crippen molar-refractivity contribution in [2.75, 3.05) is 46.0 Å². The zero-order valence-corrected chi connectivity index (χ0v) is 12.5. The highest BCUT2D eigenvalue weighted by Crippen LogP contribution is 2.15. The molecule has 0 aliphatic carbocycles. The van der Waals surface area contributed by atoms with Crippen LogP contribution in [0.2, 0.25) is 5.02 Å². The van der Waals surface area contributed by atoms with Gasteiger partial charge < -0.3 is 16.0 Å². The number of nitrogen functional groups attached to an aromatic ring is 1. The Morgan fingerprint density at radius 2 is 2.25 bits per heavy atom. The summed E-state index contributed by atoms with van der Waals surface area (Å²) in [5.74, 6) is -0.00186. The van der Waals surface area contributed by atoms with E-state index >= 15 is 0 Å². The van der Waals surface area contributed by atoms with Crippen LogP contribution >= 0.6 is 11.6 Å². The van der Waals surface area contributed by atoms with Crippen LogP contribution in [0.3, 0.4) is 0 Å². The lowest BCUT2D eigenvalue weighted by atomic mass is 10.2. The largest absolute Gasteiger partial charge is 0.384 e. The predicted octanol–water partition coefficient (Wildman–Crippen LogP) is 0.293. The Labute approximate surface area is 123 Å². The molecule has 1 aromatic rings. The number of likely N-dealkylation sites (N-methyl/N-ethyl adjacent to an activating group) is 2. The standard InChI is InChI=1S/C13H20ClN5O/c1-18-5-6-19(2)9(8-18)7-16-13(20)12-10(14)3-4-11(15)17-12/h3-4,9H,5-8H2,1-2H3,(H2,15,17)(H,16,20). The van der Waals surface area contributed by atoms with Gasteiger partial charge in [0.05, 0.1) is 5.02 Å². The fraction of sp³-hybridized carbons (Fsp3) is 0.538. The van der Waals surface area contributed by atoms with Gasteiger partial charge in [-0.25, -0.2) is 4.98 Å². The third-order valence-corrected chi connectivity index (χ3v) is 3.87. The van der Waals surface area contributed by atoms with Crippen LogP contribution in [0, 0.1) is 0 Å². The summed E-state index contributed by atoms with van der Waals surface area (Å²) in [4.78, 5) is 20.6. The molecule has 1 unspecified atom stereocenters. The van der Waals surface area contributed by atoms with E-state index in [4.69, 9.17) is 17.3 Å². The minimum atomic E-state index is -0.288. The van der Waals surface area contributed by atoms with Gasteiger partial charge in [-0.2, -0.15) is 0 Å². The molecule has 1 atom stereocenters. The minimum Gasteiger partial charge on any atom is -0.384 e. The molecule has 1 saturated heterocycles. The van der Waals surface area contributed by atoms with Gasteiger partial charge in [0.1, 0.15) is 11.5 Å². The van der Waals surface area contributed by atoms with Crippen LogP contribution < -0.4 is 11.1 Å². The van der Waals surface area contributed by atoms with Crippen LogP contribution in [0.4, 0.5) is 5.82 Å². The molecule has 1 aliphatic rings. The maximum Gasteiger partial charge on any atom is 0.271 e. The highest BCUT2D eigenvalue weighted by atomic mass is 35.5. The van der Waals surface area contributed by atoms with Crippen LogP contribution in [0.5, 0.6) is 0 Å². The summed E-state index contributed by atoms with van der Waals surface area (Å²) in [6.07, 6.45) is 0. The van der Waals surface area contributed by atoms with Crippen molar-refractivity contribution in [3.63, 3.8) is 0 Å². The van der Waals surface area contributed by atoms with Crippen molar-refractivity contribution < 1.29 is 4.79 Å². The van der Waals surface area contributed by atoms with E-state index in [1.807, 2.05) is 0 Å². The van der Waals surface area contributed by atoms with Crippen LogP contribution in [-0.4, -0.2) is 67.0 Å². The van der Waals surface area contributed by atoms with Crippen molar-refractivity contribution >= 4 is 23.3 Å². The molecule has 3 N–H and O–H groups in total. The van der Waals surface area contributed by atoms with E-state index in [1.54, 1.807) is 12.1 Å². The summed E-state index contributed by atoms with van der Waals surface area (Å²) >= 11 is 5.97. The van der Waals surface area contributed by atoms with Crippen LogP contribution in [-0.2, 0) is 0 Å². The molecule has 1 fully saturated rings. The van der Waals surface area contributed by atoms with Crippen LogP contribution in [0.25, 0.3) is 0 Å². The number of anilines is 1. The molecule has 20 heavy (non-hydrogen) atoms. The van der Waals surface area contributed by atoms with E-state index in [-0.39, 0.29) is 23.5 Å². The van der Waals surface area contributed by atoms with Gasteiger partial charge in [-0.05, 0) is 26.2 Å². The number of nitrogens with two attached hydrogens (primary N) is 1. The molecule has 1 amide bonds. The third kappa shape index (κ3) is 3.59. The molecule has 0 spiro atoms. The summed E-state index contributed by atoms with van der Waals surface area (Å²) in [5.41, 5.74) is 5.76. The van der Waals surface area contributed by atoms with Gasteiger partial charge in [-0.1, -0.05) is 11.6 Å². The highest BCUT2D eigenvalue weighted by molar-refractivity contribution is 6.33. The van der Waals surface area contributed by atoms with Crippen molar-refractivity contribution in [1.82, 2.24) is 20.1 Å². The number of nitrogens with one attached hydrogen (secondary N) is 1. The Morgan fingerprint density at radius 1 is 1.50 bits per heavy atom. The molecule has 110 valence electrons. The van der Waals surface area contributed by atoms with Crippen molar-refractivity contribution in [2.45, 2.75) is 6.04 Å². The second kappa shape index (κ2) is 6.39. The molecule has 2 heterocycles. The summed E-state index contributed by atoms with van der Waals surface area (Å²) in [5, 5.41) is 3.19. The monoisotopic (exact) mass is 297 g/mol. The predicted molar refractivity (Wildman–Crippen MR) is 79.9 cm³/mol. The van der Waals surface area contributed by atoms with Crippen LogP contribution in [0.1, 0.15) is 10.5 Å². The number of aromatic nitrogens is 1. The number of amides is 1. The Balaban J connectivity index is 1.96. The van der Waals surface area contributed by atoms with Gasteiger partial charge in [0.25, 0.3) is 5.91 Å². The molecule has 0 aromatic carbocycles. The SMILES string of the molecule is CN1CCN(C)C(CNC(=O)c2nc(N)ccc2Cl)C1. The second-order valence-corrected chi connectivity index (χ2v) is 5.58. The van der Waals surface area contributed by atoms with Gasteiger partial charge in [-0.3, -0.25) is 9.69 Å². The zero-order chi connectivity index (χ0) is 14.7. The van der Waals surface area contributed by atoms with Gasteiger partial charge in [0.15, 0.2) is 0 Å². The molecule has 1 aromatic heterocycles. The first-order valence-corrected chi connectivity index (χ1v) is 6.94. The summed E-state index contributed by atoms with van der Waals surface area (Å²) in [6.45, 7) is 3.53. The molecule has 2 rings (SSSR count). The summed E-state index contributed by atoms with van der Waals surface area (Å²) < 4.78 is 0. The molecule has 0 radical (unpaired) electrons.